The van der Waals surface area contributed by atoms with Gasteiger partial charge in [0.15, 0.2) is 5.84 Å². The van der Waals surface area contributed by atoms with E-state index in [1.54, 1.807) is 0 Å². The summed E-state index contributed by atoms with van der Waals surface area (Å²) >= 11 is 0. The molecular formula is C15H25N3O2. The maximum Gasteiger partial charge on any atom is 0.226 e. The number of nitrogens with zero attached hydrogens (tertiary/aromatic N) is 1. The van der Waals surface area contributed by atoms with Gasteiger partial charge in [-0.25, -0.2) is 0 Å². The number of carbonyl (C=O) groups is 1. The maximum absolute atomic E-state index is 12.8. The van der Waals surface area contributed by atoms with Gasteiger partial charge in [-0.1, -0.05) is 12.1 Å². The summed E-state index contributed by atoms with van der Waals surface area (Å²) in [5.41, 5.74) is 5.48. The largest absolute Gasteiger partial charge is 0.409 e. The Morgan fingerprint density at radius 3 is 2.20 bits per heavy atom. The van der Waals surface area contributed by atoms with E-state index in [1.807, 2.05) is 6.92 Å². The standard InChI is InChI=1S/C15H25N3O2/c1-2-12(13(16)18-20)17-14(19)15-6-9-3-10(7-15)5-11(4-9)8-15/h9-12,20H,2-8H2,1H3,(H2,16,18)(H,17,19). The molecule has 0 radical (unpaired) electrons. The highest BCUT2D eigenvalue weighted by Gasteiger charge is 2.54. The smallest absolute Gasteiger partial charge is 0.226 e. The van der Waals surface area contributed by atoms with Crippen LogP contribution in [0, 0.1) is 23.2 Å². The Balaban J connectivity index is 1.73. The molecule has 4 fully saturated rings. The van der Waals surface area contributed by atoms with E-state index < -0.39 is 0 Å². The lowest BCUT2D eigenvalue weighted by atomic mass is 9.49. The molecule has 4 saturated carbocycles. The minimum absolute atomic E-state index is 0.102. The van der Waals surface area contributed by atoms with Crippen LogP contribution in [0.25, 0.3) is 0 Å². The molecule has 4 bridgehead atoms. The van der Waals surface area contributed by atoms with Crippen molar-refractivity contribution in [1.82, 2.24) is 5.32 Å². The number of nitrogens with one attached hydrogen (secondary N) is 1. The zero-order valence-electron chi connectivity index (χ0n) is 12.1. The van der Waals surface area contributed by atoms with Crippen LogP contribution in [0.5, 0.6) is 0 Å². The third-order valence-electron chi connectivity index (χ3n) is 5.71. The molecule has 1 atom stereocenters. The average molecular weight is 279 g/mol. The summed E-state index contributed by atoms with van der Waals surface area (Å²) in [5, 5.41) is 14.9. The van der Waals surface area contributed by atoms with Gasteiger partial charge in [0, 0.05) is 5.41 Å². The summed E-state index contributed by atoms with van der Waals surface area (Å²) in [6, 6.07) is -0.347. The second-order valence-corrected chi connectivity index (χ2v) is 7.16. The fraction of sp³-hybridized carbons (Fsp3) is 0.867. The lowest BCUT2D eigenvalue weighted by molar-refractivity contribution is -0.146. The van der Waals surface area contributed by atoms with Crippen molar-refractivity contribution in [3.63, 3.8) is 0 Å². The highest BCUT2D eigenvalue weighted by Crippen LogP contribution is 2.60. The molecule has 0 aromatic carbocycles. The molecule has 0 spiro atoms. The Morgan fingerprint density at radius 1 is 1.30 bits per heavy atom. The van der Waals surface area contributed by atoms with Crippen LogP contribution in [0.1, 0.15) is 51.9 Å². The Kier molecular flexibility index (Phi) is 3.38. The van der Waals surface area contributed by atoms with Crippen LogP contribution in [-0.4, -0.2) is 23.0 Å². The lowest BCUT2D eigenvalue weighted by Gasteiger charge is -2.55. The van der Waals surface area contributed by atoms with E-state index in [9.17, 15) is 4.79 Å². The van der Waals surface area contributed by atoms with Crippen molar-refractivity contribution < 1.29 is 10.0 Å². The average Bonchev–Trinajstić information content (AvgIpc) is 2.42. The molecular weight excluding hydrogens is 254 g/mol. The van der Waals surface area contributed by atoms with Gasteiger partial charge >= 0.3 is 0 Å². The summed E-state index contributed by atoms with van der Waals surface area (Å²) in [6.07, 6.45) is 7.73. The van der Waals surface area contributed by atoms with Crippen LogP contribution in [0.4, 0.5) is 0 Å². The SMILES string of the molecule is CCC(NC(=O)C12CC3CC(CC(C3)C1)C2)/C(N)=N/O. The molecule has 0 heterocycles. The molecule has 1 unspecified atom stereocenters. The van der Waals surface area contributed by atoms with Crippen molar-refractivity contribution in [1.29, 1.82) is 0 Å². The third-order valence-corrected chi connectivity index (χ3v) is 5.71. The molecule has 0 aromatic heterocycles. The van der Waals surface area contributed by atoms with E-state index in [0.717, 1.165) is 37.0 Å². The Morgan fingerprint density at radius 2 is 1.80 bits per heavy atom. The minimum atomic E-state index is -0.347. The molecule has 4 aliphatic rings. The van der Waals surface area contributed by atoms with Gasteiger partial charge < -0.3 is 16.3 Å². The number of carbonyl (C=O) groups excluding carboxylic acids is 1. The predicted molar refractivity (Wildman–Crippen MR) is 76.2 cm³/mol. The number of nitrogens with two attached hydrogens (primary N) is 1. The van der Waals surface area contributed by atoms with E-state index in [-0.39, 0.29) is 23.2 Å². The van der Waals surface area contributed by atoms with E-state index in [2.05, 4.69) is 10.5 Å². The first-order valence-corrected chi connectivity index (χ1v) is 7.84. The van der Waals surface area contributed by atoms with Gasteiger partial charge in [0.2, 0.25) is 5.91 Å². The molecule has 0 aromatic rings. The van der Waals surface area contributed by atoms with Gasteiger partial charge in [-0.2, -0.15) is 0 Å². The first kappa shape index (κ1) is 13.7. The lowest BCUT2D eigenvalue weighted by Crippen LogP contribution is -2.56. The first-order valence-electron chi connectivity index (χ1n) is 7.84. The topological polar surface area (TPSA) is 87.7 Å². The highest BCUT2D eigenvalue weighted by atomic mass is 16.4. The van der Waals surface area contributed by atoms with Crippen LogP contribution in [0.3, 0.4) is 0 Å². The van der Waals surface area contributed by atoms with Crippen LogP contribution in [-0.2, 0) is 4.79 Å². The second kappa shape index (κ2) is 4.93. The summed E-state index contributed by atoms with van der Waals surface area (Å²) in [5.74, 6) is 2.48. The summed E-state index contributed by atoms with van der Waals surface area (Å²) < 4.78 is 0. The number of oxime groups is 1. The molecule has 20 heavy (non-hydrogen) atoms. The number of hydrogen-bond acceptors (Lipinski definition) is 3. The van der Waals surface area contributed by atoms with Gasteiger partial charge in [0.1, 0.15) is 0 Å². The van der Waals surface area contributed by atoms with Gasteiger partial charge in [-0.15, -0.1) is 0 Å². The van der Waals surface area contributed by atoms with Crippen LogP contribution in [0.15, 0.2) is 5.16 Å². The Labute approximate surface area is 120 Å². The number of rotatable bonds is 4. The van der Waals surface area contributed by atoms with Gasteiger partial charge in [-0.05, 0) is 62.7 Å². The quantitative estimate of drug-likeness (QED) is 0.317. The molecule has 4 aliphatic carbocycles. The molecule has 5 nitrogen and oxygen atoms in total. The van der Waals surface area contributed by atoms with Crippen LogP contribution in [0.2, 0.25) is 0 Å². The number of hydrogen-bond donors (Lipinski definition) is 3. The fourth-order valence-corrected chi connectivity index (χ4v) is 5.15. The van der Waals surface area contributed by atoms with Gasteiger partial charge in [0.25, 0.3) is 0 Å². The predicted octanol–water partition coefficient (Wildman–Crippen LogP) is 1.84. The first-order chi connectivity index (χ1) is 9.56. The molecule has 112 valence electrons. The van der Waals surface area contributed by atoms with Crippen LogP contribution < -0.4 is 11.1 Å². The summed E-state index contributed by atoms with van der Waals surface area (Å²) in [7, 11) is 0. The van der Waals surface area contributed by atoms with Crippen molar-refractivity contribution in [2.24, 2.45) is 34.1 Å². The van der Waals surface area contributed by atoms with E-state index in [4.69, 9.17) is 10.9 Å². The normalized spacial score (nSPS) is 40.6. The van der Waals surface area contributed by atoms with E-state index in [0.29, 0.717) is 6.42 Å². The zero-order chi connectivity index (χ0) is 14.3. The number of amidine groups is 1. The maximum atomic E-state index is 12.8. The van der Waals surface area contributed by atoms with Gasteiger partial charge in [-0.3, -0.25) is 4.79 Å². The molecule has 0 saturated heterocycles. The molecule has 4 rings (SSSR count). The number of amides is 1. The van der Waals surface area contributed by atoms with Crippen molar-refractivity contribution in [2.45, 2.75) is 57.9 Å². The molecule has 4 N–H and O–H groups in total. The minimum Gasteiger partial charge on any atom is -0.409 e. The van der Waals surface area contributed by atoms with Crippen LogP contribution >= 0.6 is 0 Å². The van der Waals surface area contributed by atoms with E-state index >= 15 is 0 Å². The van der Waals surface area contributed by atoms with Gasteiger partial charge in [0.05, 0.1) is 6.04 Å². The Hall–Kier alpha value is -1.26. The second-order valence-electron chi connectivity index (χ2n) is 7.16. The van der Waals surface area contributed by atoms with Crippen molar-refractivity contribution in [2.75, 3.05) is 0 Å². The highest BCUT2D eigenvalue weighted by molar-refractivity contribution is 5.92. The van der Waals surface area contributed by atoms with E-state index in [1.165, 1.54) is 19.3 Å². The fourth-order valence-electron chi connectivity index (χ4n) is 5.15. The summed E-state index contributed by atoms with van der Waals surface area (Å²) in [4.78, 5) is 12.8. The van der Waals surface area contributed by atoms with Crippen molar-refractivity contribution in [3.8, 4) is 0 Å². The van der Waals surface area contributed by atoms with Crippen molar-refractivity contribution in [3.05, 3.63) is 0 Å². The Bertz CT molecular complexity index is 398. The zero-order valence-corrected chi connectivity index (χ0v) is 12.1. The third kappa shape index (κ3) is 2.17. The molecule has 1 amide bonds. The monoisotopic (exact) mass is 279 g/mol. The summed E-state index contributed by atoms with van der Waals surface area (Å²) in [6.45, 7) is 1.93. The molecule has 0 aliphatic heterocycles. The molecule has 5 heteroatoms. The van der Waals surface area contributed by atoms with Crippen molar-refractivity contribution >= 4 is 11.7 Å².